The highest BCUT2D eigenvalue weighted by Gasteiger charge is 2.72. The van der Waals surface area contributed by atoms with Crippen LogP contribution in [-0.4, -0.2) is 69.4 Å². The number of nitrogens with one attached hydrogen (secondary N) is 1. The number of sulfonamides is 1. The van der Waals surface area contributed by atoms with Gasteiger partial charge in [-0.15, -0.1) is 0 Å². The Bertz CT molecular complexity index is 1870. The molecule has 1 saturated heterocycles. The number of nitrogens with two attached hydrogens (primary N) is 1. The normalized spacial score (nSPS) is 38.4. The van der Waals surface area contributed by atoms with Gasteiger partial charge in [0.2, 0.25) is 10.0 Å². The van der Waals surface area contributed by atoms with E-state index in [0.29, 0.717) is 56.8 Å². The molecule has 4 aliphatic carbocycles. The number of unbranched alkanes of at least 4 members (excludes halogenated alkanes) is 1. The van der Waals surface area contributed by atoms with Gasteiger partial charge in [0.05, 0.1) is 24.0 Å². The molecule has 1 heterocycles. The molecule has 1 aliphatic heterocycles. The number of allylic oxidation sites excluding steroid dienone is 1. The lowest BCUT2D eigenvalue weighted by molar-refractivity contribution is -0.263. The van der Waals surface area contributed by atoms with Crippen molar-refractivity contribution in [1.29, 1.82) is 0 Å². The number of esters is 2. The number of carboxylic acids is 1. The molecule has 57 heavy (non-hydrogen) atoms. The molecular weight excluding hydrogens is 745 g/mol. The molecule has 4 N–H and O–H groups in total. The van der Waals surface area contributed by atoms with Crippen LogP contribution in [0.5, 0.6) is 0 Å². The van der Waals surface area contributed by atoms with Crippen molar-refractivity contribution in [2.75, 3.05) is 19.8 Å². The molecule has 3 saturated carbocycles. The fourth-order valence-electron chi connectivity index (χ4n) is 13.1. The fourth-order valence-corrected chi connectivity index (χ4v) is 14.4. The van der Waals surface area contributed by atoms with Crippen LogP contribution in [0.1, 0.15) is 119 Å². The van der Waals surface area contributed by atoms with Crippen LogP contribution in [0, 0.1) is 63.6 Å². The second-order valence-corrected chi connectivity index (χ2v) is 21.6. The van der Waals surface area contributed by atoms with Crippen molar-refractivity contribution in [3.05, 3.63) is 41.5 Å². The van der Waals surface area contributed by atoms with Crippen LogP contribution in [0.2, 0.25) is 0 Å². The van der Waals surface area contributed by atoms with Crippen LogP contribution in [0.25, 0.3) is 0 Å². The lowest BCUT2D eigenvalue weighted by Crippen LogP contribution is -2.70. The molecule has 1 unspecified atom stereocenters. The van der Waals surface area contributed by atoms with E-state index >= 15 is 0 Å². The summed E-state index contributed by atoms with van der Waals surface area (Å²) in [7, 11) is -3.66. The van der Waals surface area contributed by atoms with Gasteiger partial charge in [-0.3, -0.25) is 14.4 Å². The number of aryl methyl sites for hydroxylation is 1. The summed E-state index contributed by atoms with van der Waals surface area (Å²) in [6.07, 6.45) is 6.79. The first-order valence-corrected chi connectivity index (χ1v) is 22.8. The van der Waals surface area contributed by atoms with Crippen molar-refractivity contribution in [2.24, 2.45) is 62.4 Å². The summed E-state index contributed by atoms with van der Waals surface area (Å²) in [5.74, 6) is -1.39. The van der Waals surface area contributed by atoms with Crippen LogP contribution in [-0.2, 0) is 38.6 Å². The minimum absolute atomic E-state index is 0.0846. The smallest absolute Gasteiger partial charge is 0.323 e. The summed E-state index contributed by atoms with van der Waals surface area (Å²) in [6, 6.07) is 5.87. The number of hydrogen-bond donors (Lipinski definition) is 3. The maximum Gasteiger partial charge on any atom is 0.323 e. The number of hydrogen-bond acceptors (Lipinski definition) is 9. The average Bonchev–Trinajstić information content (AvgIpc) is 3.12. The number of aliphatic carboxylic acids is 1. The predicted octanol–water partition coefficient (Wildman–Crippen LogP) is 7.20. The highest BCUT2D eigenvalue weighted by molar-refractivity contribution is 7.89. The minimum atomic E-state index is -3.66. The summed E-state index contributed by atoms with van der Waals surface area (Å²) in [5, 5.41) is 11.0. The van der Waals surface area contributed by atoms with Gasteiger partial charge in [-0.05, 0) is 110 Å². The Balaban J connectivity index is 1.21. The molecule has 4 fully saturated rings. The lowest BCUT2D eigenvalue weighted by atomic mass is 9.34. The quantitative estimate of drug-likeness (QED) is 0.105. The van der Waals surface area contributed by atoms with E-state index in [4.69, 9.17) is 19.9 Å². The maximum atomic E-state index is 13.7. The largest absolute Gasteiger partial charge is 0.481 e. The maximum absolute atomic E-state index is 13.7. The molecule has 12 atom stereocenters. The second kappa shape index (κ2) is 15.7. The number of carbonyl (C=O) groups excluding carboxylic acids is 2. The van der Waals surface area contributed by atoms with Gasteiger partial charge in [-0.25, -0.2) is 13.1 Å². The minimum Gasteiger partial charge on any atom is -0.481 e. The first kappa shape index (κ1) is 43.8. The third-order valence-corrected chi connectivity index (χ3v) is 18.2. The molecule has 12 heteroatoms. The van der Waals surface area contributed by atoms with Gasteiger partial charge in [-0.2, -0.15) is 0 Å². The molecule has 5 aliphatic rings. The zero-order valence-corrected chi connectivity index (χ0v) is 36.5. The van der Waals surface area contributed by atoms with Gasteiger partial charge < -0.3 is 25.1 Å². The van der Waals surface area contributed by atoms with Crippen LogP contribution in [0.15, 0.2) is 40.8 Å². The second-order valence-electron chi connectivity index (χ2n) is 19.8. The van der Waals surface area contributed by atoms with Gasteiger partial charge >= 0.3 is 17.9 Å². The van der Waals surface area contributed by atoms with Gasteiger partial charge in [0.15, 0.2) is 0 Å². The van der Waals surface area contributed by atoms with E-state index in [1.54, 1.807) is 31.2 Å². The molecule has 0 radical (unpaired) electrons. The highest BCUT2D eigenvalue weighted by Crippen LogP contribution is 2.75. The molecule has 1 aromatic carbocycles. The summed E-state index contributed by atoms with van der Waals surface area (Å²) in [4.78, 5) is 40.2. The molecular formula is C45H68N2O9S. The fraction of sp³-hybridized carbons (Fsp3) is 0.756. The third-order valence-electron chi connectivity index (χ3n) is 16.6. The molecule has 1 aromatic rings. The summed E-state index contributed by atoms with van der Waals surface area (Å²) < 4.78 is 47.2. The van der Waals surface area contributed by atoms with Crippen LogP contribution >= 0.6 is 0 Å². The first-order valence-electron chi connectivity index (χ1n) is 21.3. The number of rotatable bonds is 13. The Morgan fingerprint density at radius 2 is 1.70 bits per heavy atom. The van der Waals surface area contributed by atoms with Crippen molar-refractivity contribution in [3.63, 3.8) is 0 Å². The van der Waals surface area contributed by atoms with E-state index in [0.717, 1.165) is 25.7 Å². The Labute approximate surface area is 340 Å². The SMILES string of the molecule is CC(=O)O[C@@H]1C[C@]23COC[C@](C)([C@@H]2CC[C@H]2C3=CC[C@@]3(C)[C@H](C(=O)O)[C@@](C)([C@H](C)C(C)C)CC[C@]23C)[C@H]1OC(=O)C(N)CCCCNS(=O)(=O)c1ccccc1C. The average molecular weight is 813 g/mol. The van der Waals surface area contributed by atoms with Crippen molar-refractivity contribution >= 4 is 27.9 Å². The molecule has 6 rings (SSSR count). The van der Waals surface area contributed by atoms with E-state index in [-0.39, 0.29) is 40.0 Å². The Hall–Kier alpha value is -2.80. The van der Waals surface area contributed by atoms with Crippen molar-refractivity contribution in [2.45, 2.75) is 143 Å². The van der Waals surface area contributed by atoms with Crippen LogP contribution < -0.4 is 10.5 Å². The first-order chi connectivity index (χ1) is 26.6. The van der Waals surface area contributed by atoms with Crippen LogP contribution in [0.3, 0.4) is 0 Å². The zero-order valence-electron chi connectivity index (χ0n) is 35.7. The number of fused-ring (bicyclic) bond motifs is 3. The summed E-state index contributed by atoms with van der Waals surface area (Å²) in [5.41, 5.74) is 6.19. The molecule has 0 aromatic heterocycles. The van der Waals surface area contributed by atoms with E-state index in [1.807, 2.05) is 0 Å². The van der Waals surface area contributed by atoms with E-state index in [1.165, 1.54) is 12.5 Å². The predicted molar refractivity (Wildman–Crippen MR) is 217 cm³/mol. The van der Waals surface area contributed by atoms with E-state index in [9.17, 15) is 27.9 Å². The number of benzene rings is 1. The number of carbonyl (C=O) groups is 3. The summed E-state index contributed by atoms with van der Waals surface area (Å²) >= 11 is 0. The van der Waals surface area contributed by atoms with Gasteiger partial charge in [0.1, 0.15) is 18.2 Å². The van der Waals surface area contributed by atoms with Crippen molar-refractivity contribution in [3.8, 4) is 0 Å². The Morgan fingerprint density at radius 1 is 1.00 bits per heavy atom. The Morgan fingerprint density at radius 3 is 2.35 bits per heavy atom. The molecule has 0 spiro atoms. The third kappa shape index (κ3) is 7.20. The molecule has 0 amide bonds. The van der Waals surface area contributed by atoms with Crippen molar-refractivity contribution < 1.29 is 42.1 Å². The zero-order chi connectivity index (χ0) is 41.9. The standard InChI is InChI=1S/C45H68N2O9S/c1-27(2)29(4)41(6)21-22-43(8)31-17-18-36-42(7)25-54-26-45(36,32(31)19-20-44(43,9)37(41)39(49)50)24-34(55-30(5)48)38(42)56-40(51)33(46)15-12-13-23-47-57(52,53)35-16-11-10-14-28(35)3/h10-11,14,16,19,27,29,31,33-34,36-38,47H,12-13,15,17-18,20-26,46H2,1-9H3,(H,49,50)/t29-,31+,33?,34-,36+,37-,38+,41-,42-,43-,44+,45-/m1/s1. The molecule has 2 bridgehead atoms. The van der Waals surface area contributed by atoms with E-state index in [2.05, 4.69) is 59.3 Å². The van der Waals surface area contributed by atoms with Crippen molar-refractivity contribution in [1.82, 2.24) is 4.72 Å². The monoisotopic (exact) mass is 812 g/mol. The Kier molecular flexibility index (Phi) is 12.0. The molecule has 318 valence electrons. The van der Waals surface area contributed by atoms with Gasteiger partial charge in [0.25, 0.3) is 0 Å². The number of ether oxygens (including phenoxy) is 3. The number of carboxylic acid groups (broad SMARTS) is 1. The van der Waals surface area contributed by atoms with E-state index < -0.39 is 68.3 Å². The summed E-state index contributed by atoms with van der Waals surface area (Å²) in [6.45, 7) is 19.7. The highest BCUT2D eigenvalue weighted by atomic mass is 32.2. The van der Waals surface area contributed by atoms with Gasteiger partial charge in [0, 0.05) is 24.3 Å². The lowest BCUT2D eigenvalue weighted by Gasteiger charge is -2.71. The topological polar surface area (TPSA) is 171 Å². The molecule has 11 nitrogen and oxygen atoms in total. The van der Waals surface area contributed by atoms with Crippen LogP contribution in [0.4, 0.5) is 0 Å². The van der Waals surface area contributed by atoms with Gasteiger partial charge in [-0.1, -0.05) is 84.7 Å².